The number of hydrogen-bond donors (Lipinski definition) is 1. The van der Waals surface area contributed by atoms with E-state index in [0.717, 1.165) is 0 Å². The topological polar surface area (TPSA) is 74.5 Å². The lowest BCUT2D eigenvalue weighted by molar-refractivity contribution is 0.0964. The van der Waals surface area contributed by atoms with Crippen molar-refractivity contribution in [3.63, 3.8) is 0 Å². The molecule has 1 aliphatic carbocycles. The van der Waals surface area contributed by atoms with Gasteiger partial charge in [-0.15, -0.1) is 10.2 Å². The molecule has 1 fully saturated rings. The van der Waals surface area contributed by atoms with Crippen LogP contribution in [0, 0.1) is 23.0 Å². The van der Waals surface area contributed by atoms with E-state index in [-0.39, 0.29) is 36.3 Å². The summed E-state index contributed by atoms with van der Waals surface area (Å²) in [6.07, 6.45) is 0.837. The Morgan fingerprint density at radius 2 is 1.93 bits per heavy atom. The van der Waals surface area contributed by atoms with Gasteiger partial charge >= 0.3 is 0 Å². The van der Waals surface area contributed by atoms with E-state index in [9.17, 15) is 13.2 Å². The molecule has 1 aromatic carbocycles. The zero-order valence-electron chi connectivity index (χ0n) is 15.2. The van der Waals surface area contributed by atoms with Crippen LogP contribution in [-0.4, -0.2) is 27.9 Å². The summed E-state index contributed by atoms with van der Waals surface area (Å²) in [4.78, 5) is 4.11. The number of nitrogens with one attached hydrogen (secondary N) is 1. The molecule has 1 saturated carbocycles. The standard InChI is InChI=1S/C21H16F3N5/c22-14-9-21(10-14,20-17(24)2-1-7-26-20)12-27-19-6-5-18(28-29-19)15-8-13(11-25)3-4-16(15)23/h1-8,14H,9-10,12H2,(H,27,29)/t14-,21-. The maximum absolute atomic E-state index is 14.2. The molecule has 8 heteroatoms. The summed E-state index contributed by atoms with van der Waals surface area (Å²) in [7, 11) is 0. The van der Waals surface area contributed by atoms with Gasteiger partial charge in [0.15, 0.2) is 0 Å². The Bertz CT molecular complexity index is 1070. The van der Waals surface area contributed by atoms with Crippen molar-refractivity contribution in [2.24, 2.45) is 0 Å². The van der Waals surface area contributed by atoms with Crippen LogP contribution in [-0.2, 0) is 5.41 Å². The zero-order chi connectivity index (χ0) is 20.4. The molecule has 146 valence electrons. The summed E-state index contributed by atoms with van der Waals surface area (Å²) in [5.74, 6) is -0.578. The second-order valence-corrected chi connectivity index (χ2v) is 7.08. The number of halogens is 3. The van der Waals surface area contributed by atoms with Crippen molar-refractivity contribution in [3.8, 4) is 17.3 Å². The molecule has 4 rings (SSSR count). The number of aromatic nitrogens is 3. The van der Waals surface area contributed by atoms with Crippen molar-refractivity contribution < 1.29 is 13.2 Å². The van der Waals surface area contributed by atoms with E-state index in [4.69, 9.17) is 5.26 Å². The third-order valence-electron chi connectivity index (χ3n) is 5.13. The zero-order valence-corrected chi connectivity index (χ0v) is 15.2. The number of rotatable bonds is 5. The van der Waals surface area contributed by atoms with Gasteiger partial charge in [0, 0.05) is 23.7 Å². The Labute approximate surface area is 165 Å². The molecular weight excluding hydrogens is 379 g/mol. The third-order valence-corrected chi connectivity index (χ3v) is 5.13. The Balaban J connectivity index is 1.52. The average Bonchev–Trinajstić information content (AvgIpc) is 2.72. The molecule has 5 nitrogen and oxygen atoms in total. The highest BCUT2D eigenvalue weighted by Crippen LogP contribution is 2.45. The van der Waals surface area contributed by atoms with Crippen molar-refractivity contribution in [3.05, 3.63) is 71.6 Å². The van der Waals surface area contributed by atoms with Gasteiger partial charge in [-0.05, 0) is 55.3 Å². The van der Waals surface area contributed by atoms with Crippen LogP contribution in [0.5, 0.6) is 0 Å². The van der Waals surface area contributed by atoms with Gasteiger partial charge in [0.1, 0.15) is 23.6 Å². The van der Waals surface area contributed by atoms with Gasteiger partial charge in [0.25, 0.3) is 0 Å². The lowest BCUT2D eigenvalue weighted by atomic mass is 9.65. The first-order valence-electron chi connectivity index (χ1n) is 9.03. The number of alkyl halides is 1. The first kappa shape index (κ1) is 18.9. The van der Waals surface area contributed by atoms with E-state index in [0.29, 0.717) is 11.4 Å². The van der Waals surface area contributed by atoms with E-state index in [2.05, 4.69) is 20.5 Å². The molecule has 2 heterocycles. The fourth-order valence-electron chi connectivity index (χ4n) is 3.61. The molecule has 0 radical (unpaired) electrons. The predicted molar refractivity (Wildman–Crippen MR) is 101 cm³/mol. The Kier molecular flexibility index (Phi) is 4.89. The fourth-order valence-corrected chi connectivity index (χ4v) is 3.61. The molecule has 1 N–H and O–H groups in total. The van der Waals surface area contributed by atoms with Crippen LogP contribution >= 0.6 is 0 Å². The molecule has 2 aromatic heterocycles. The summed E-state index contributed by atoms with van der Waals surface area (Å²) in [6, 6.07) is 11.9. The van der Waals surface area contributed by atoms with Gasteiger partial charge in [-0.2, -0.15) is 5.26 Å². The molecule has 3 aromatic rings. The molecule has 0 amide bonds. The predicted octanol–water partition coefficient (Wildman–Crippen LogP) is 4.17. The lowest BCUT2D eigenvalue weighted by Gasteiger charge is -2.44. The molecule has 29 heavy (non-hydrogen) atoms. The number of pyridine rings is 1. The highest BCUT2D eigenvalue weighted by atomic mass is 19.1. The van der Waals surface area contributed by atoms with Crippen LogP contribution in [0.3, 0.4) is 0 Å². The highest BCUT2D eigenvalue weighted by molar-refractivity contribution is 5.62. The average molecular weight is 395 g/mol. The SMILES string of the molecule is N#Cc1ccc(F)c(-c2ccc(NC[C@]3(c4ncccc4F)C[C@H](F)C3)nn2)c1. The Morgan fingerprint density at radius 1 is 1.10 bits per heavy atom. The van der Waals surface area contributed by atoms with Gasteiger partial charge in [-0.1, -0.05) is 0 Å². The molecule has 1 aliphatic rings. The largest absolute Gasteiger partial charge is 0.368 e. The van der Waals surface area contributed by atoms with E-state index < -0.39 is 23.2 Å². The maximum Gasteiger partial charge on any atom is 0.148 e. The quantitative estimate of drug-likeness (QED) is 0.702. The first-order valence-corrected chi connectivity index (χ1v) is 9.03. The third kappa shape index (κ3) is 3.63. The Hall–Kier alpha value is -3.47. The summed E-state index contributed by atoms with van der Waals surface area (Å²) < 4.78 is 41.9. The van der Waals surface area contributed by atoms with Gasteiger partial charge in [0.2, 0.25) is 0 Å². The molecular formula is C21H16F3N5. The normalized spacial score (nSPS) is 20.6. The monoisotopic (exact) mass is 395 g/mol. The molecule has 0 saturated heterocycles. The molecule has 0 spiro atoms. The molecule has 0 atom stereocenters. The molecule has 0 unspecified atom stereocenters. The van der Waals surface area contributed by atoms with E-state index in [1.54, 1.807) is 12.1 Å². The van der Waals surface area contributed by atoms with Crippen LogP contribution < -0.4 is 5.32 Å². The van der Waals surface area contributed by atoms with Crippen molar-refractivity contribution >= 4 is 5.82 Å². The number of hydrogen-bond acceptors (Lipinski definition) is 5. The van der Waals surface area contributed by atoms with Crippen molar-refractivity contribution in [1.82, 2.24) is 15.2 Å². The van der Waals surface area contributed by atoms with Crippen LogP contribution in [0.4, 0.5) is 19.0 Å². The number of benzene rings is 1. The van der Waals surface area contributed by atoms with Gasteiger partial charge in [0.05, 0.1) is 23.0 Å². The van der Waals surface area contributed by atoms with Crippen LogP contribution in [0.15, 0.2) is 48.7 Å². The minimum absolute atomic E-state index is 0.172. The first-order chi connectivity index (χ1) is 14.0. The maximum atomic E-state index is 14.2. The Morgan fingerprint density at radius 3 is 2.59 bits per heavy atom. The minimum Gasteiger partial charge on any atom is -0.368 e. The summed E-state index contributed by atoms with van der Waals surface area (Å²) in [5, 5.41) is 20.1. The summed E-state index contributed by atoms with van der Waals surface area (Å²) in [6.45, 7) is 0.244. The summed E-state index contributed by atoms with van der Waals surface area (Å²) >= 11 is 0. The van der Waals surface area contributed by atoms with Crippen LogP contribution in [0.1, 0.15) is 24.1 Å². The van der Waals surface area contributed by atoms with E-state index in [1.807, 2.05) is 6.07 Å². The fraction of sp³-hybridized carbons (Fsp3) is 0.238. The van der Waals surface area contributed by atoms with Crippen LogP contribution in [0.25, 0.3) is 11.3 Å². The molecule has 0 bridgehead atoms. The summed E-state index contributed by atoms with van der Waals surface area (Å²) in [5.41, 5.74) is 0.257. The molecule has 0 aliphatic heterocycles. The van der Waals surface area contributed by atoms with E-state index in [1.165, 1.54) is 36.5 Å². The second kappa shape index (κ2) is 7.51. The number of anilines is 1. The van der Waals surface area contributed by atoms with E-state index >= 15 is 0 Å². The lowest BCUT2D eigenvalue weighted by Crippen LogP contribution is -2.49. The minimum atomic E-state index is -0.998. The van der Waals surface area contributed by atoms with Crippen molar-refractivity contribution in [2.45, 2.75) is 24.4 Å². The van der Waals surface area contributed by atoms with Gasteiger partial charge in [-0.3, -0.25) is 4.98 Å². The van der Waals surface area contributed by atoms with Crippen LogP contribution in [0.2, 0.25) is 0 Å². The number of nitrogens with zero attached hydrogens (tertiary/aromatic N) is 4. The van der Waals surface area contributed by atoms with Gasteiger partial charge in [-0.25, -0.2) is 13.2 Å². The second-order valence-electron chi connectivity index (χ2n) is 7.08. The smallest absolute Gasteiger partial charge is 0.148 e. The van der Waals surface area contributed by atoms with Crippen molar-refractivity contribution in [2.75, 3.05) is 11.9 Å². The van der Waals surface area contributed by atoms with Crippen molar-refractivity contribution in [1.29, 1.82) is 5.26 Å². The highest BCUT2D eigenvalue weighted by Gasteiger charge is 2.48. The van der Waals surface area contributed by atoms with Gasteiger partial charge < -0.3 is 5.32 Å². The number of nitriles is 1.